The molecule has 6 nitrogen and oxygen atoms in total. The van der Waals surface area contributed by atoms with Crippen LogP contribution in [0.1, 0.15) is 48.7 Å². The van der Waals surface area contributed by atoms with Crippen molar-refractivity contribution < 1.29 is 14.4 Å². The minimum Gasteiger partial charge on any atom is -0.340 e. The monoisotopic (exact) mass is 423 g/mol. The van der Waals surface area contributed by atoms with Gasteiger partial charge in [-0.15, -0.1) is 0 Å². The van der Waals surface area contributed by atoms with Gasteiger partial charge in [-0.3, -0.25) is 14.4 Å². The molecule has 0 saturated carbocycles. The molecule has 166 valence electrons. The van der Waals surface area contributed by atoms with Crippen molar-refractivity contribution in [2.24, 2.45) is 5.92 Å². The van der Waals surface area contributed by atoms with Crippen LogP contribution in [0.5, 0.6) is 0 Å². The lowest BCUT2D eigenvalue weighted by Gasteiger charge is -2.26. The fourth-order valence-corrected chi connectivity index (χ4v) is 3.46. The summed E-state index contributed by atoms with van der Waals surface area (Å²) in [6.07, 6.45) is 1.29. The molecule has 1 unspecified atom stereocenters. The smallest absolute Gasteiger partial charge is 0.252 e. The van der Waals surface area contributed by atoms with Gasteiger partial charge in [0.15, 0.2) is 0 Å². The number of likely N-dealkylation sites (N-methyl/N-ethyl adjacent to an activating group) is 1. The number of para-hydroxylation sites is 1. The van der Waals surface area contributed by atoms with Gasteiger partial charge >= 0.3 is 0 Å². The minimum absolute atomic E-state index is 0.0916. The molecule has 3 amide bonds. The van der Waals surface area contributed by atoms with Crippen LogP contribution in [-0.4, -0.2) is 42.3 Å². The zero-order chi connectivity index (χ0) is 23.0. The van der Waals surface area contributed by atoms with Crippen molar-refractivity contribution in [3.8, 4) is 0 Å². The van der Waals surface area contributed by atoms with Crippen LogP contribution in [0.25, 0.3) is 0 Å². The Morgan fingerprint density at radius 1 is 1.00 bits per heavy atom. The largest absolute Gasteiger partial charge is 0.340 e. The minimum atomic E-state index is -0.701. The second-order valence-corrected chi connectivity index (χ2v) is 8.22. The van der Waals surface area contributed by atoms with Crippen LogP contribution in [0.2, 0.25) is 0 Å². The van der Waals surface area contributed by atoms with Crippen molar-refractivity contribution in [2.45, 2.75) is 46.6 Å². The molecule has 0 aromatic heterocycles. The average Bonchev–Trinajstić information content (AvgIpc) is 2.72. The molecule has 0 radical (unpaired) electrons. The highest BCUT2D eigenvalue weighted by molar-refractivity contribution is 6.00. The summed E-state index contributed by atoms with van der Waals surface area (Å²) in [6, 6.07) is 14.2. The first kappa shape index (κ1) is 24.1. The second-order valence-electron chi connectivity index (χ2n) is 8.22. The van der Waals surface area contributed by atoms with Gasteiger partial charge in [0.2, 0.25) is 11.8 Å². The van der Waals surface area contributed by atoms with E-state index in [1.807, 2.05) is 64.1 Å². The molecule has 0 heterocycles. The topological polar surface area (TPSA) is 78.5 Å². The zero-order valence-corrected chi connectivity index (χ0v) is 19.1. The van der Waals surface area contributed by atoms with Crippen LogP contribution in [0.15, 0.2) is 48.5 Å². The first-order valence-corrected chi connectivity index (χ1v) is 10.7. The number of rotatable bonds is 9. The van der Waals surface area contributed by atoms with Crippen LogP contribution < -0.4 is 10.6 Å². The molecule has 2 N–H and O–H groups in total. The highest BCUT2D eigenvalue weighted by Crippen LogP contribution is 2.16. The molecular formula is C25H33N3O3. The third kappa shape index (κ3) is 6.95. The average molecular weight is 424 g/mol. The Hall–Kier alpha value is -3.15. The van der Waals surface area contributed by atoms with E-state index in [9.17, 15) is 14.4 Å². The number of hydrogen-bond donors (Lipinski definition) is 2. The molecule has 0 aliphatic heterocycles. The number of carbonyl (C=O) groups excluding carboxylic acids is 3. The molecular weight excluding hydrogens is 390 g/mol. The number of aryl methyl sites for hydroxylation is 2. The number of amides is 3. The molecule has 0 aliphatic rings. The maximum atomic E-state index is 13.1. The summed E-state index contributed by atoms with van der Waals surface area (Å²) in [5.74, 6) is -0.642. The summed E-state index contributed by atoms with van der Waals surface area (Å²) in [5.41, 5.74) is 3.18. The Bertz CT molecular complexity index is 924. The Balaban J connectivity index is 2.06. The summed E-state index contributed by atoms with van der Waals surface area (Å²) in [7, 11) is 1.58. The molecule has 0 saturated heterocycles. The van der Waals surface area contributed by atoms with Gasteiger partial charge in [0, 0.05) is 18.3 Å². The third-order valence-electron chi connectivity index (χ3n) is 5.13. The van der Waals surface area contributed by atoms with Gasteiger partial charge < -0.3 is 15.5 Å². The number of nitrogens with zero attached hydrogens (tertiary/aromatic N) is 1. The summed E-state index contributed by atoms with van der Waals surface area (Å²) < 4.78 is 0. The van der Waals surface area contributed by atoms with E-state index in [1.54, 1.807) is 19.2 Å². The predicted octanol–water partition coefficient (Wildman–Crippen LogP) is 3.80. The van der Waals surface area contributed by atoms with Crippen LogP contribution >= 0.6 is 0 Å². The summed E-state index contributed by atoms with van der Waals surface area (Å²) >= 11 is 0. The Morgan fingerprint density at radius 2 is 1.65 bits per heavy atom. The summed E-state index contributed by atoms with van der Waals surface area (Å²) in [4.78, 5) is 39.7. The van der Waals surface area contributed by atoms with E-state index in [4.69, 9.17) is 0 Å². The van der Waals surface area contributed by atoms with Crippen LogP contribution in [0.3, 0.4) is 0 Å². The molecule has 1 atom stereocenters. The highest BCUT2D eigenvalue weighted by Gasteiger charge is 2.27. The Labute approximate surface area is 185 Å². The molecule has 0 bridgehead atoms. The van der Waals surface area contributed by atoms with Gasteiger partial charge in [-0.25, -0.2) is 0 Å². The second kappa shape index (κ2) is 11.3. The van der Waals surface area contributed by atoms with Gasteiger partial charge in [-0.2, -0.15) is 0 Å². The van der Waals surface area contributed by atoms with Gasteiger partial charge in [0.25, 0.3) is 5.91 Å². The lowest BCUT2D eigenvalue weighted by Crippen LogP contribution is -2.49. The van der Waals surface area contributed by atoms with Crippen molar-refractivity contribution in [3.05, 3.63) is 65.2 Å². The van der Waals surface area contributed by atoms with E-state index in [2.05, 4.69) is 10.6 Å². The maximum absolute atomic E-state index is 13.1. The van der Waals surface area contributed by atoms with Gasteiger partial charge in [0.1, 0.15) is 6.04 Å². The van der Waals surface area contributed by atoms with E-state index in [-0.39, 0.29) is 30.2 Å². The van der Waals surface area contributed by atoms with Crippen molar-refractivity contribution in [1.29, 1.82) is 0 Å². The zero-order valence-electron chi connectivity index (χ0n) is 19.1. The molecule has 31 heavy (non-hydrogen) atoms. The summed E-state index contributed by atoms with van der Waals surface area (Å²) in [5, 5.41) is 5.75. The van der Waals surface area contributed by atoms with E-state index >= 15 is 0 Å². The van der Waals surface area contributed by atoms with E-state index in [0.29, 0.717) is 12.0 Å². The van der Waals surface area contributed by atoms with E-state index < -0.39 is 6.04 Å². The standard InChI is InChI=1S/C25H33N3O3/c1-6-19-12-8-10-14-21(19)26-23(29)16-28(5)25(31)22(15-17(2)3)27-24(30)20-13-9-7-11-18(20)4/h7-14,17,22H,6,15-16H2,1-5H3,(H,26,29)(H,27,30). The number of benzene rings is 2. The van der Waals surface area contributed by atoms with Gasteiger partial charge in [-0.05, 0) is 48.9 Å². The van der Waals surface area contributed by atoms with Crippen LogP contribution in [0, 0.1) is 12.8 Å². The highest BCUT2D eigenvalue weighted by atomic mass is 16.2. The van der Waals surface area contributed by atoms with Crippen molar-refractivity contribution in [3.63, 3.8) is 0 Å². The number of carbonyl (C=O) groups is 3. The molecule has 0 fully saturated rings. The molecule has 2 rings (SSSR count). The van der Waals surface area contributed by atoms with Gasteiger partial charge in [0.05, 0.1) is 6.54 Å². The van der Waals surface area contributed by atoms with E-state index in [1.165, 1.54) is 4.90 Å². The molecule has 2 aromatic carbocycles. The Kier molecular flexibility index (Phi) is 8.79. The fraction of sp³-hybridized carbons (Fsp3) is 0.400. The quantitative estimate of drug-likeness (QED) is 0.644. The maximum Gasteiger partial charge on any atom is 0.252 e. The van der Waals surface area contributed by atoms with Crippen molar-refractivity contribution >= 4 is 23.4 Å². The SMILES string of the molecule is CCc1ccccc1NC(=O)CN(C)C(=O)C(CC(C)C)NC(=O)c1ccccc1C. The molecule has 2 aromatic rings. The Morgan fingerprint density at radius 3 is 2.29 bits per heavy atom. The fourth-order valence-electron chi connectivity index (χ4n) is 3.46. The van der Waals surface area contributed by atoms with Crippen molar-refractivity contribution in [2.75, 3.05) is 18.9 Å². The van der Waals surface area contributed by atoms with Crippen LogP contribution in [-0.2, 0) is 16.0 Å². The lowest BCUT2D eigenvalue weighted by atomic mass is 10.0. The normalized spacial score (nSPS) is 11.7. The number of anilines is 1. The number of hydrogen-bond acceptors (Lipinski definition) is 3. The summed E-state index contributed by atoms with van der Waals surface area (Å²) in [6.45, 7) is 7.78. The molecule has 6 heteroatoms. The molecule has 0 spiro atoms. The van der Waals surface area contributed by atoms with Crippen LogP contribution in [0.4, 0.5) is 5.69 Å². The molecule has 0 aliphatic carbocycles. The lowest BCUT2D eigenvalue weighted by molar-refractivity contribution is -0.135. The van der Waals surface area contributed by atoms with Crippen molar-refractivity contribution in [1.82, 2.24) is 10.2 Å². The van der Waals surface area contributed by atoms with E-state index in [0.717, 1.165) is 23.2 Å². The first-order chi connectivity index (χ1) is 14.7. The number of nitrogens with one attached hydrogen (secondary N) is 2. The van der Waals surface area contributed by atoms with Gasteiger partial charge in [-0.1, -0.05) is 57.2 Å². The predicted molar refractivity (Wildman–Crippen MR) is 124 cm³/mol. The first-order valence-electron chi connectivity index (χ1n) is 10.7. The third-order valence-corrected chi connectivity index (χ3v) is 5.13.